The van der Waals surface area contributed by atoms with Crippen molar-refractivity contribution < 1.29 is 19.1 Å². The number of ketones is 1. The molecule has 0 radical (unpaired) electrons. The molecule has 2 aliphatic heterocycles. The summed E-state index contributed by atoms with van der Waals surface area (Å²) in [4.78, 5) is 28.4. The number of fused-ring (bicyclic) bond motifs is 1. The molecule has 0 spiro atoms. The Bertz CT molecular complexity index is 1340. The molecule has 176 valence electrons. The first kappa shape index (κ1) is 23.2. The highest BCUT2D eigenvalue weighted by Crippen LogP contribution is 2.68. The van der Waals surface area contributed by atoms with E-state index in [4.69, 9.17) is 9.47 Å². The molecule has 2 fully saturated rings. The van der Waals surface area contributed by atoms with Gasteiger partial charge in [0, 0.05) is 12.0 Å². The van der Waals surface area contributed by atoms with E-state index in [1.807, 2.05) is 42.5 Å². The van der Waals surface area contributed by atoms with Crippen LogP contribution in [0.3, 0.4) is 0 Å². The van der Waals surface area contributed by atoms with Gasteiger partial charge in [0.15, 0.2) is 11.4 Å². The number of nitrogens with zero attached hydrogens (tertiary/aromatic N) is 1. The second kappa shape index (κ2) is 8.57. The van der Waals surface area contributed by atoms with E-state index in [0.717, 1.165) is 0 Å². The fourth-order valence-corrected chi connectivity index (χ4v) is 5.61. The third-order valence-electron chi connectivity index (χ3n) is 6.54. The molecular weight excluding hydrogens is 454 g/mol. The van der Waals surface area contributed by atoms with Crippen molar-refractivity contribution in [1.29, 1.82) is 0 Å². The molecule has 1 aliphatic carbocycles. The van der Waals surface area contributed by atoms with Gasteiger partial charge in [0.05, 0.1) is 5.69 Å². The van der Waals surface area contributed by atoms with Crippen LogP contribution >= 0.6 is 0 Å². The normalized spacial score (nSPS) is 26.3. The second-order valence-electron chi connectivity index (χ2n) is 10.1. The molecule has 1 amide bonds. The number of carbonyl (C=O) groups is 2. The Labute approximate surface area is 207 Å². The van der Waals surface area contributed by atoms with Gasteiger partial charge in [-0.05, 0) is 43.2 Å². The smallest absolute Gasteiger partial charge is 0.410 e. The van der Waals surface area contributed by atoms with Crippen LogP contribution in [-0.4, -0.2) is 31.6 Å². The Morgan fingerprint density at radius 3 is 2.57 bits per heavy atom. The van der Waals surface area contributed by atoms with Crippen LogP contribution in [0.5, 0.6) is 5.75 Å². The van der Waals surface area contributed by atoms with E-state index < -0.39 is 31.4 Å². The van der Waals surface area contributed by atoms with Crippen LogP contribution in [-0.2, 0) is 15.1 Å². The van der Waals surface area contributed by atoms with E-state index in [2.05, 4.69) is 42.9 Å². The predicted octanol–water partition coefficient (Wildman–Crippen LogP) is 5.23. The molecule has 35 heavy (non-hydrogen) atoms. The monoisotopic (exact) mass is 481 g/mol. The van der Waals surface area contributed by atoms with Crippen molar-refractivity contribution in [3.05, 3.63) is 72.3 Å². The van der Waals surface area contributed by atoms with Gasteiger partial charge in [-0.15, -0.1) is 5.54 Å². The SMILES string of the molecule is C[Si](C)(C)C#C/C=C\C#CC1N(C(=O)Oc2ccccc2)c2ccccc2C23OC12CCCC3=O. The molecular formula is C29H27NO4Si. The maximum atomic E-state index is 13.6. The molecule has 3 aliphatic rings. The molecule has 3 atom stereocenters. The number of ether oxygens (including phenoxy) is 2. The van der Waals surface area contributed by atoms with Crippen LogP contribution < -0.4 is 9.64 Å². The number of epoxide rings is 1. The maximum Gasteiger partial charge on any atom is 0.420 e. The standard InChI is InChI=1S/C29H27NO4Si/c1-35(2,3)21-12-5-4-9-18-25-28-20-13-19-26(31)29(28,34-28)23-16-10-11-17-24(23)30(25)27(32)33-22-14-7-6-8-15-22/h4-8,10-11,14-17,25H,13,19-20H2,1-3H3/b5-4-. The molecule has 6 heteroatoms. The number of Topliss-reactive ketones (excluding diaryl/α,β-unsaturated/α-hetero) is 1. The van der Waals surface area contributed by atoms with E-state index >= 15 is 0 Å². The third kappa shape index (κ3) is 3.89. The lowest BCUT2D eigenvalue weighted by atomic mass is 9.68. The molecule has 1 saturated carbocycles. The van der Waals surface area contributed by atoms with Gasteiger partial charge in [0.25, 0.3) is 0 Å². The van der Waals surface area contributed by atoms with Crippen molar-refractivity contribution in [3.63, 3.8) is 0 Å². The number of benzene rings is 2. The number of para-hydroxylation sites is 2. The topological polar surface area (TPSA) is 59.1 Å². The Morgan fingerprint density at radius 1 is 1.09 bits per heavy atom. The van der Waals surface area contributed by atoms with E-state index in [0.29, 0.717) is 36.3 Å². The summed E-state index contributed by atoms with van der Waals surface area (Å²) in [5, 5.41) is 0. The number of carbonyl (C=O) groups excluding carboxylic acids is 2. The van der Waals surface area contributed by atoms with Gasteiger partial charge in [0.2, 0.25) is 0 Å². The van der Waals surface area contributed by atoms with Crippen molar-refractivity contribution in [2.75, 3.05) is 4.90 Å². The van der Waals surface area contributed by atoms with Crippen LogP contribution in [0.1, 0.15) is 24.8 Å². The van der Waals surface area contributed by atoms with Crippen LogP contribution in [0.25, 0.3) is 0 Å². The van der Waals surface area contributed by atoms with Crippen LogP contribution in [0.4, 0.5) is 10.5 Å². The molecule has 2 aromatic rings. The Hall–Kier alpha value is -3.58. The zero-order valence-electron chi connectivity index (χ0n) is 20.1. The first-order valence-electron chi connectivity index (χ1n) is 11.9. The lowest BCUT2D eigenvalue weighted by molar-refractivity contribution is -0.125. The van der Waals surface area contributed by atoms with Gasteiger partial charge < -0.3 is 9.47 Å². The summed E-state index contributed by atoms with van der Waals surface area (Å²) >= 11 is 0. The number of anilines is 1. The highest BCUT2D eigenvalue weighted by molar-refractivity contribution is 6.83. The summed E-state index contributed by atoms with van der Waals surface area (Å²) in [6.07, 6.45) is 4.67. The van der Waals surface area contributed by atoms with E-state index in [-0.39, 0.29) is 5.78 Å². The van der Waals surface area contributed by atoms with Crippen LogP contribution in [0.15, 0.2) is 66.7 Å². The summed E-state index contributed by atoms with van der Waals surface area (Å²) in [5.41, 5.74) is 2.65. The highest BCUT2D eigenvalue weighted by Gasteiger charge is 2.82. The number of hydrogen-bond acceptors (Lipinski definition) is 4. The van der Waals surface area contributed by atoms with Gasteiger partial charge in [-0.2, -0.15) is 0 Å². The Morgan fingerprint density at radius 2 is 1.80 bits per heavy atom. The zero-order chi connectivity index (χ0) is 24.7. The van der Waals surface area contributed by atoms with Crippen molar-refractivity contribution in [1.82, 2.24) is 0 Å². The number of rotatable bonds is 1. The molecule has 3 unspecified atom stereocenters. The zero-order valence-corrected chi connectivity index (χ0v) is 21.1. The van der Waals surface area contributed by atoms with Gasteiger partial charge in [-0.1, -0.05) is 73.8 Å². The van der Waals surface area contributed by atoms with E-state index in [1.54, 1.807) is 29.2 Å². The highest BCUT2D eigenvalue weighted by atomic mass is 28.3. The number of hydrogen-bond donors (Lipinski definition) is 0. The first-order chi connectivity index (χ1) is 16.8. The minimum Gasteiger partial charge on any atom is -0.410 e. The maximum absolute atomic E-state index is 13.6. The molecule has 0 bridgehead atoms. The molecule has 2 heterocycles. The first-order valence-corrected chi connectivity index (χ1v) is 15.4. The molecule has 1 saturated heterocycles. The summed E-state index contributed by atoms with van der Waals surface area (Å²) in [5.74, 6) is 9.84. The minimum atomic E-state index is -1.48. The molecule has 5 rings (SSSR count). The Kier molecular flexibility index (Phi) is 5.67. The van der Waals surface area contributed by atoms with Gasteiger partial charge in [0.1, 0.15) is 25.5 Å². The van der Waals surface area contributed by atoms with Crippen molar-refractivity contribution in [3.8, 4) is 29.1 Å². The molecule has 2 aromatic carbocycles. The summed E-state index contributed by atoms with van der Waals surface area (Å²) in [6, 6.07) is 15.7. The average Bonchev–Trinajstić information content (AvgIpc) is 3.54. The lowest BCUT2D eigenvalue weighted by Crippen LogP contribution is -2.58. The quantitative estimate of drug-likeness (QED) is 0.318. The second-order valence-corrected chi connectivity index (χ2v) is 14.8. The fourth-order valence-electron chi connectivity index (χ4n) is 5.09. The number of allylic oxidation sites excluding steroid dienone is 2. The summed E-state index contributed by atoms with van der Waals surface area (Å²) in [7, 11) is -1.48. The molecule has 0 N–H and O–H groups in total. The molecule has 0 aromatic heterocycles. The Balaban J connectivity index is 1.57. The summed E-state index contributed by atoms with van der Waals surface area (Å²) < 4.78 is 12.1. The van der Waals surface area contributed by atoms with Crippen molar-refractivity contribution in [2.24, 2.45) is 0 Å². The van der Waals surface area contributed by atoms with Crippen LogP contribution in [0.2, 0.25) is 19.6 Å². The third-order valence-corrected chi connectivity index (χ3v) is 7.43. The van der Waals surface area contributed by atoms with Crippen molar-refractivity contribution in [2.45, 2.75) is 56.1 Å². The summed E-state index contributed by atoms with van der Waals surface area (Å²) in [6.45, 7) is 6.54. The minimum absolute atomic E-state index is 0.0515. The van der Waals surface area contributed by atoms with E-state index in [9.17, 15) is 9.59 Å². The number of amides is 1. The van der Waals surface area contributed by atoms with Crippen molar-refractivity contribution >= 4 is 25.6 Å². The lowest BCUT2D eigenvalue weighted by Gasteiger charge is -2.40. The largest absolute Gasteiger partial charge is 0.420 e. The average molecular weight is 482 g/mol. The molecule has 5 nitrogen and oxygen atoms in total. The van der Waals surface area contributed by atoms with E-state index in [1.165, 1.54) is 0 Å². The van der Waals surface area contributed by atoms with Gasteiger partial charge >= 0.3 is 6.09 Å². The fraction of sp³-hybridized carbons (Fsp3) is 0.310. The van der Waals surface area contributed by atoms with Gasteiger partial charge in [-0.25, -0.2) is 4.79 Å². The predicted molar refractivity (Wildman–Crippen MR) is 138 cm³/mol. The van der Waals surface area contributed by atoms with Gasteiger partial charge in [-0.3, -0.25) is 9.69 Å². The van der Waals surface area contributed by atoms with Crippen LogP contribution in [0, 0.1) is 23.3 Å².